The van der Waals surface area contributed by atoms with Crippen molar-refractivity contribution in [2.75, 3.05) is 0 Å². The average molecular weight is 272 g/mol. The molecule has 0 bridgehead atoms. The van der Waals surface area contributed by atoms with E-state index in [2.05, 4.69) is 0 Å². The highest BCUT2D eigenvalue weighted by Crippen LogP contribution is 2.18. The van der Waals surface area contributed by atoms with Crippen LogP contribution in [-0.2, 0) is 6.54 Å². The van der Waals surface area contributed by atoms with Crippen molar-refractivity contribution in [1.82, 2.24) is 4.57 Å². The molecule has 94 valence electrons. The molecule has 18 heavy (non-hydrogen) atoms. The number of carboxylic acids is 1. The quantitative estimate of drug-likeness (QED) is 0.932. The minimum atomic E-state index is -1.16. The fraction of sp³-hybridized carbons (Fsp3) is 0.0833. The van der Waals surface area contributed by atoms with Gasteiger partial charge in [-0.05, 0) is 12.1 Å². The van der Waals surface area contributed by atoms with Gasteiger partial charge in [0.25, 0.3) is 0 Å². The maximum atomic E-state index is 13.4. The monoisotopic (exact) mass is 271 g/mol. The van der Waals surface area contributed by atoms with Crippen LogP contribution < -0.4 is 0 Å². The summed E-state index contributed by atoms with van der Waals surface area (Å²) in [6.07, 6.45) is 1.38. The standard InChI is InChI=1S/C12H8ClF2NO2/c13-8-3-11(12(17)18)16(6-8)5-7-1-2-9(14)4-10(7)15/h1-4,6H,5H2,(H,17,18). The van der Waals surface area contributed by atoms with E-state index in [-0.39, 0.29) is 22.8 Å². The molecule has 1 aromatic carbocycles. The number of rotatable bonds is 3. The zero-order valence-electron chi connectivity index (χ0n) is 9.03. The molecule has 2 aromatic rings. The molecule has 0 unspecified atom stereocenters. The molecule has 3 nitrogen and oxygen atoms in total. The second-order valence-corrected chi connectivity index (χ2v) is 4.15. The van der Waals surface area contributed by atoms with Crippen LogP contribution in [-0.4, -0.2) is 15.6 Å². The summed E-state index contributed by atoms with van der Waals surface area (Å²) in [6.45, 7) is -0.0273. The van der Waals surface area contributed by atoms with E-state index in [0.717, 1.165) is 12.1 Å². The molecule has 0 aliphatic heterocycles. The Bertz CT molecular complexity index is 610. The Morgan fingerprint density at radius 1 is 1.33 bits per heavy atom. The SMILES string of the molecule is O=C(O)c1cc(Cl)cn1Cc1ccc(F)cc1F. The predicted octanol–water partition coefficient (Wildman–Crippen LogP) is 3.17. The van der Waals surface area contributed by atoms with Crippen molar-refractivity contribution in [2.45, 2.75) is 6.54 Å². The van der Waals surface area contributed by atoms with Crippen molar-refractivity contribution in [3.8, 4) is 0 Å². The predicted molar refractivity (Wildman–Crippen MR) is 61.9 cm³/mol. The van der Waals surface area contributed by atoms with E-state index < -0.39 is 17.6 Å². The van der Waals surface area contributed by atoms with Crippen LogP contribution in [0.4, 0.5) is 8.78 Å². The second kappa shape index (κ2) is 4.78. The van der Waals surface area contributed by atoms with Crippen molar-refractivity contribution < 1.29 is 18.7 Å². The van der Waals surface area contributed by atoms with E-state index in [4.69, 9.17) is 16.7 Å². The van der Waals surface area contributed by atoms with Crippen LogP contribution in [0.15, 0.2) is 30.5 Å². The van der Waals surface area contributed by atoms with Gasteiger partial charge >= 0.3 is 5.97 Å². The van der Waals surface area contributed by atoms with E-state index >= 15 is 0 Å². The third-order valence-electron chi connectivity index (χ3n) is 2.44. The lowest BCUT2D eigenvalue weighted by molar-refractivity contribution is 0.0685. The highest BCUT2D eigenvalue weighted by molar-refractivity contribution is 6.30. The Morgan fingerprint density at radius 2 is 2.06 bits per heavy atom. The van der Waals surface area contributed by atoms with Gasteiger partial charge in [0.15, 0.2) is 0 Å². The van der Waals surface area contributed by atoms with E-state index in [1.165, 1.54) is 22.9 Å². The first-order valence-electron chi connectivity index (χ1n) is 5.00. The minimum Gasteiger partial charge on any atom is -0.477 e. The lowest BCUT2D eigenvalue weighted by atomic mass is 10.2. The summed E-state index contributed by atoms with van der Waals surface area (Å²) in [4.78, 5) is 10.9. The molecule has 1 heterocycles. The van der Waals surface area contributed by atoms with Crippen LogP contribution in [0.2, 0.25) is 5.02 Å². The van der Waals surface area contributed by atoms with Gasteiger partial charge in [0, 0.05) is 17.8 Å². The first-order valence-corrected chi connectivity index (χ1v) is 5.38. The van der Waals surface area contributed by atoms with Gasteiger partial charge in [-0.2, -0.15) is 0 Å². The van der Waals surface area contributed by atoms with Crippen LogP contribution in [0.5, 0.6) is 0 Å². The first kappa shape index (κ1) is 12.6. The maximum absolute atomic E-state index is 13.4. The smallest absolute Gasteiger partial charge is 0.352 e. The van der Waals surface area contributed by atoms with Crippen molar-refractivity contribution in [1.29, 1.82) is 0 Å². The second-order valence-electron chi connectivity index (χ2n) is 3.71. The Labute approximate surface area is 106 Å². The Hall–Kier alpha value is -1.88. The van der Waals surface area contributed by atoms with Gasteiger partial charge in [0.2, 0.25) is 0 Å². The minimum absolute atomic E-state index is 0.0273. The fourth-order valence-corrected chi connectivity index (χ4v) is 1.84. The molecule has 2 rings (SSSR count). The highest BCUT2D eigenvalue weighted by Gasteiger charge is 2.13. The van der Waals surface area contributed by atoms with Crippen molar-refractivity contribution in [2.24, 2.45) is 0 Å². The molecule has 6 heteroatoms. The lowest BCUT2D eigenvalue weighted by Crippen LogP contribution is -2.09. The Balaban J connectivity index is 2.36. The molecule has 0 saturated heterocycles. The molecule has 1 aromatic heterocycles. The molecule has 0 radical (unpaired) electrons. The molecular formula is C12H8ClF2NO2. The van der Waals surface area contributed by atoms with Gasteiger partial charge in [-0.25, -0.2) is 13.6 Å². The molecule has 1 N–H and O–H groups in total. The maximum Gasteiger partial charge on any atom is 0.352 e. The van der Waals surface area contributed by atoms with Crippen molar-refractivity contribution in [3.05, 3.63) is 58.4 Å². The van der Waals surface area contributed by atoms with Gasteiger partial charge in [-0.3, -0.25) is 0 Å². The Kier molecular flexibility index (Phi) is 3.34. The summed E-state index contributed by atoms with van der Waals surface area (Å²) >= 11 is 5.70. The van der Waals surface area contributed by atoms with Crippen LogP contribution in [0.25, 0.3) is 0 Å². The van der Waals surface area contributed by atoms with E-state index in [1.54, 1.807) is 0 Å². The topological polar surface area (TPSA) is 42.2 Å². The van der Waals surface area contributed by atoms with Gasteiger partial charge < -0.3 is 9.67 Å². The number of carbonyl (C=O) groups is 1. The third kappa shape index (κ3) is 2.51. The van der Waals surface area contributed by atoms with Crippen molar-refractivity contribution >= 4 is 17.6 Å². The number of nitrogens with zero attached hydrogens (tertiary/aromatic N) is 1. The number of benzene rings is 1. The van der Waals surface area contributed by atoms with Crippen LogP contribution in [0.3, 0.4) is 0 Å². The molecular weight excluding hydrogens is 264 g/mol. The number of hydrogen-bond donors (Lipinski definition) is 1. The summed E-state index contributed by atoms with van der Waals surface area (Å²) < 4.78 is 27.5. The van der Waals surface area contributed by atoms with E-state index in [9.17, 15) is 13.6 Å². The molecule has 0 atom stereocenters. The fourth-order valence-electron chi connectivity index (χ4n) is 1.62. The molecule has 0 spiro atoms. The van der Waals surface area contributed by atoms with Crippen molar-refractivity contribution in [3.63, 3.8) is 0 Å². The van der Waals surface area contributed by atoms with Crippen LogP contribution >= 0.6 is 11.6 Å². The summed E-state index contributed by atoms with van der Waals surface area (Å²) in [5.74, 6) is -2.57. The first-order chi connectivity index (χ1) is 8.47. The summed E-state index contributed by atoms with van der Waals surface area (Å²) in [6, 6.07) is 4.40. The lowest BCUT2D eigenvalue weighted by Gasteiger charge is -2.07. The number of aromatic nitrogens is 1. The number of aromatic carboxylic acids is 1. The number of carboxylic acid groups (broad SMARTS) is 1. The molecule has 0 saturated carbocycles. The zero-order chi connectivity index (χ0) is 13.3. The number of hydrogen-bond acceptors (Lipinski definition) is 1. The molecule has 0 amide bonds. The van der Waals surface area contributed by atoms with Crippen LogP contribution in [0.1, 0.15) is 16.1 Å². The number of halogens is 3. The summed E-state index contributed by atoms with van der Waals surface area (Å²) in [5, 5.41) is 9.18. The molecule has 0 aliphatic rings. The normalized spacial score (nSPS) is 10.6. The molecule has 0 aliphatic carbocycles. The summed E-state index contributed by atoms with van der Waals surface area (Å²) in [5.41, 5.74) is 0.134. The average Bonchev–Trinajstić information content (AvgIpc) is 2.64. The largest absolute Gasteiger partial charge is 0.477 e. The van der Waals surface area contributed by atoms with Gasteiger partial charge in [0.05, 0.1) is 11.6 Å². The highest BCUT2D eigenvalue weighted by atomic mass is 35.5. The third-order valence-corrected chi connectivity index (χ3v) is 2.64. The van der Waals surface area contributed by atoms with E-state index in [1.807, 2.05) is 0 Å². The van der Waals surface area contributed by atoms with Gasteiger partial charge in [0.1, 0.15) is 17.3 Å². The van der Waals surface area contributed by atoms with Gasteiger partial charge in [-0.1, -0.05) is 17.7 Å². The van der Waals surface area contributed by atoms with Crippen LogP contribution in [0, 0.1) is 11.6 Å². The van der Waals surface area contributed by atoms with E-state index in [0.29, 0.717) is 0 Å². The zero-order valence-corrected chi connectivity index (χ0v) is 9.79. The Morgan fingerprint density at radius 3 is 2.67 bits per heavy atom. The van der Waals surface area contributed by atoms with Gasteiger partial charge in [-0.15, -0.1) is 0 Å². The molecule has 0 fully saturated rings. The summed E-state index contributed by atoms with van der Waals surface area (Å²) in [7, 11) is 0.